The number of fused-ring (bicyclic) bond motifs is 1. The van der Waals surface area contributed by atoms with Crippen molar-refractivity contribution >= 4 is 47.0 Å². The lowest BCUT2D eigenvalue weighted by Gasteiger charge is -2.05. The van der Waals surface area contributed by atoms with Gasteiger partial charge >= 0.3 is 5.97 Å². The average molecular weight is 371 g/mol. The highest BCUT2D eigenvalue weighted by Crippen LogP contribution is 2.31. The van der Waals surface area contributed by atoms with Crippen molar-refractivity contribution in [2.24, 2.45) is 5.16 Å². The maximum atomic E-state index is 11.7. The van der Waals surface area contributed by atoms with E-state index in [1.165, 1.54) is 6.21 Å². The maximum absolute atomic E-state index is 11.7. The molecular formula is C16H10Cl3NO3. The molecule has 3 rings (SSSR count). The van der Waals surface area contributed by atoms with Gasteiger partial charge in [0.05, 0.1) is 11.8 Å². The highest BCUT2D eigenvalue weighted by molar-refractivity contribution is 6.35. The number of esters is 1. The molecule has 2 aromatic carbocycles. The number of oxime groups is 1. The van der Waals surface area contributed by atoms with Crippen LogP contribution in [0.3, 0.4) is 0 Å². The van der Waals surface area contributed by atoms with Crippen molar-refractivity contribution in [2.75, 3.05) is 0 Å². The zero-order chi connectivity index (χ0) is 16.4. The molecule has 118 valence electrons. The third-order valence-electron chi connectivity index (χ3n) is 3.28. The summed E-state index contributed by atoms with van der Waals surface area (Å²) >= 11 is 17.8. The fraction of sp³-hybridized carbons (Fsp3) is 0.125. The SMILES string of the molecule is O=C1OC(/C=N/OCc2ccc(Cl)cc2Cl)c2cc(Cl)ccc21. The van der Waals surface area contributed by atoms with Crippen LogP contribution in [0.1, 0.15) is 27.6 Å². The van der Waals surface area contributed by atoms with Crippen molar-refractivity contribution in [2.45, 2.75) is 12.7 Å². The molecule has 7 heteroatoms. The van der Waals surface area contributed by atoms with Crippen LogP contribution in [0.2, 0.25) is 15.1 Å². The van der Waals surface area contributed by atoms with Crippen molar-refractivity contribution in [3.8, 4) is 0 Å². The van der Waals surface area contributed by atoms with E-state index in [0.717, 1.165) is 5.56 Å². The Balaban J connectivity index is 1.66. The van der Waals surface area contributed by atoms with Crippen LogP contribution in [0, 0.1) is 0 Å². The lowest BCUT2D eigenvalue weighted by Crippen LogP contribution is -2.00. The van der Waals surface area contributed by atoms with Gasteiger partial charge in [0.2, 0.25) is 0 Å². The Kier molecular flexibility index (Phi) is 4.76. The minimum atomic E-state index is -0.614. The first kappa shape index (κ1) is 16.1. The molecule has 1 unspecified atom stereocenters. The smallest absolute Gasteiger partial charge is 0.339 e. The summed E-state index contributed by atoms with van der Waals surface area (Å²) in [5, 5.41) is 5.41. The summed E-state index contributed by atoms with van der Waals surface area (Å²) in [6, 6.07) is 10.0. The molecule has 0 aromatic heterocycles. The predicted molar refractivity (Wildman–Crippen MR) is 89.4 cm³/mol. The standard InChI is InChI=1S/C16H10Cl3NO3/c17-10-3-4-12-13(5-10)15(23-16(12)21)7-20-22-8-9-1-2-11(18)6-14(9)19/h1-7,15H,8H2/b20-7+. The highest BCUT2D eigenvalue weighted by Gasteiger charge is 2.30. The van der Waals surface area contributed by atoms with Crippen molar-refractivity contribution in [1.82, 2.24) is 0 Å². The van der Waals surface area contributed by atoms with Gasteiger partial charge in [0.25, 0.3) is 0 Å². The molecule has 2 aromatic rings. The van der Waals surface area contributed by atoms with Crippen LogP contribution in [0.5, 0.6) is 0 Å². The van der Waals surface area contributed by atoms with Crippen LogP contribution in [-0.2, 0) is 16.2 Å². The van der Waals surface area contributed by atoms with Crippen LogP contribution in [0.15, 0.2) is 41.6 Å². The van der Waals surface area contributed by atoms with Gasteiger partial charge in [-0.1, -0.05) is 46.0 Å². The Morgan fingerprint density at radius 3 is 2.65 bits per heavy atom. The molecule has 1 aliphatic rings. The highest BCUT2D eigenvalue weighted by atomic mass is 35.5. The molecular weight excluding hydrogens is 361 g/mol. The van der Waals surface area contributed by atoms with E-state index in [1.807, 2.05) is 0 Å². The van der Waals surface area contributed by atoms with E-state index in [0.29, 0.717) is 26.2 Å². The van der Waals surface area contributed by atoms with Gasteiger partial charge in [-0.3, -0.25) is 0 Å². The monoisotopic (exact) mass is 369 g/mol. The maximum Gasteiger partial charge on any atom is 0.339 e. The molecule has 0 radical (unpaired) electrons. The number of hydrogen-bond donors (Lipinski definition) is 0. The lowest BCUT2D eigenvalue weighted by atomic mass is 10.1. The van der Waals surface area contributed by atoms with Crippen LogP contribution in [0.4, 0.5) is 0 Å². The minimum absolute atomic E-state index is 0.176. The van der Waals surface area contributed by atoms with Gasteiger partial charge in [-0.25, -0.2) is 4.79 Å². The largest absolute Gasteiger partial charge is 0.448 e. The summed E-state index contributed by atoms with van der Waals surface area (Å²) in [5.41, 5.74) is 1.89. The first-order valence-electron chi connectivity index (χ1n) is 6.64. The number of rotatable bonds is 4. The van der Waals surface area contributed by atoms with Gasteiger partial charge in [0, 0.05) is 26.2 Å². The zero-order valence-electron chi connectivity index (χ0n) is 11.6. The number of carbonyl (C=O) groups excluding carboxylic acids is 1. The molecule has 1 atom stereocenters. The topological polar surface area (TPSA) is 47.9 Å². The first-order valence-corrected chi connectivity index (χ1v) is 7.78. The molecule has 0 saturated carbocycles. The fourth-order valence-corrected chi connectivity index (χ4v) is 2.80. The summed E-state index contributed by atoms with van der Waals surface area (Å²) in [6.45, 7) is 0.176. The average Bonchev–Trinajstić information content (AvgIpc) is 2.81. The Hall–Kier alpha value is -1.75. The van der Waals surface area contributed by atoms with Gasteiger partial charge in [-0.2, -0.15) is 0 Å². The molecule has 0 amide bonds. The summed E-state index contributed by atoms with van der Waals surface area (Å²) in [6.07, 6.45) is 0.793. The van der Waals surface area contributed by atoms with Crippen molar-refractivity contribution in [3.05, 3.63) is 68.2 Å². The normalized spacial score (nSPS) is 16.5. The Morgan fingerprint density at radius 1 is 1.13 bits per heavy atom. The molecule has 4 nitrogen and oxygen atoms in total. The summed E-state index contributed by atoms with van der Waals surface area (Å²) in [4.78, 5) is 16.9. The molecule has 0 bridgehead atoms. The van der Waals surface area contributed by atoms with Gasteiger partial charge < -0.3 is 9.57 Å². The van der Waals surface area contributed by atoms with Gasteiger partial charge in [0.15, 0.2) is 6.10 Å². The lowest BCUT2D eigenvalue weighted by molar-refractivity contribution is 0.0490. The van der Waals surface area contributed by atoms with Gasteiger partial charge in [-0.05, 0) is 30.3 Å². The van der Waals surface area contributed by atoms with E-state index in [4.69, 9.17) is 44.4 Å². The molecule has 0 fully saturated rings. The Bertz CT molecular complexity index is 792. The van der Waals surface area contributed by atoms with E-state index >= 15 is 0 Å². The van der Waals surface area contributed by atoms with Crippen LogP contribution >= 0.6 is 34.8 Å². The molecule has 0 aliphatic carbocycles. The second-order valence-corrected chi connectivity index (χ2v) is 6.10. The summed E-state index contributed by atoms with van der Waals surface area (Å²) in [7, 11) is 0. The summed E-state index contributed by atoms with van der Waals surface area (Å²) < 4.78 is 5.21. The Labute approximate surface area is 147 Å². The molecule has 23 heavy (non-hydrogen) atoms. The van der Waals surface area contributed by atoms with Gasteiger partial charge in [0.1, 0.15) is 6.61 Å². The van der Waals surface area contributed by atoms with Crippen LogP contribution in [-0.4, -0.2) is 12.2 Å². The third kappa shape index (κ3) is 3.61. The molecule has 1 heterocycles. The second kappa shape index (κ2) is 6.79. The fourth-order valence-electron chi connectivity index (χ4n) is 2.15. The quantitative estimate of drug-likeness (QED) is 0.429. The van der Waals surface area contributed by atoms with Gasteiger partial charge in [-0.15, -0.1) is 0 Å². The number of ether oxygens (including phenoxy) is 1. The van der Waals surface area contributed by atoms with Crippen molar-refractivity contribution in [1.29, 1.82) is 0 Å². The first-order chi connectivity index (χ1) is 11.0. The predicted octanol–water partition coefficient (Wildman–Crippen LogP) is 5.06. The molecule has 0 saturated heterocycles. The van der Waals surface area contributed by atoms with E-state index in [-0.39, 0.29) is 6.61 Å². The van der Waals surface area contributed by atoms with Crippen LogP contribution < -0.4 is 0 Å². The van der Waals surface area contributed by atoms with Crippen LogP contribution in [0.25, 0.3) is 0 Å². The Morgan fingerprint density at radius 2 is 1.87 bits per heavy atom. The number of hydrogen-bond acceptors (Lipinski definition) is 4. The molecule has 0 spiro atoms. The molecule has 0 N–H and O–H groups in total. The number of carbonyl (C=O) groups is 1. The minimum Gasteiger partial charge on any atom is -0.448 e. The molecule has 1 aliphatic heterocycles. The van der Waals surface area contributed by atoms with E-state index in [1.54, 1.807) is 36.4 Å². The van der Waals surface area contributed by atoms with Crippen molar-refractivity contribution < 1.29 is 14.4 Å². The second-order valence-electron chi connectivity index (χ2n) is 4.82. The zero-order valence-corrected chi connectivity index (χ0v) is 13.9. The number of halogens is 3. The third-order valence-corrected chi connectivity index (χ3v) is 4.10. The van der Waals surface area contributed by atoms with E-state index in [2.05, 4.69) is 5.16 Å². The number of benzene rings is 2. The summed E-state index contributed by atoms with van der Waals surface area (Å²) in [5.74, 6) is -0.408. The number of nitrogens with zero attached hydrogens (tertiary/aromatic N) is 1. The van der Waals surface area contributed by atoms with Crippen molar-refractivity contribution in [3.63, 3.8) is 0 Å². The van der Waals surface area contributed by atoms with E-state index in [9.17, 15) is 4.79 Å². The van der Waals surface area contributed by atoms with E-state index < -0.39 is 12.1 Å². The number of cyclic esters (lactones) is 1.